The molecule has 0 spiro atoms. The van der Waals surface area contributed by atoms with E-state index >= 15 is 0 Å². The van der Waals surface area contributed by atoms with Crippen LogP contribution in [0, 0.1) is 0 Å². The maximum absolute atomic E-state index is 12.3. The summed E-state index contributed by atoms with van der Waals surface area (Å²) < 4.78 is 0. The van der Waals surface area contributed by atoms with Crippen molar-refractivity contribution in [3.05, 3.63) is 24.3 Å². The van der Waals surface area contributed by atoms with Gasteiger partial charge < -0.3 is 20.4 Å². The number of carbonyl (C=O) groups excluding carboxylic acids is 1. The van der Waals surface area contributed by atoms with Crippen molar-refractivity contribution in [3.8, 4) is 0 Å². The van der Waals surface area contributed by atoms with Gasteiger partial charge >= 0.3 is 6.03 Å². The van der Waals surface area contributed by atoms with Gasteiger partial charge in [0.1, 0.15) is 0 Å². The van der Waals surface area contributed by atoms with Gasteiger partial charge in [0.05, 0.1) is 12.2 Å². The lowest BCUT2D eigenvalue weighted by molar-refractivity contribution is -0.0247. The Balaban J connectivity index is 1.88. The average molecular weight is 338 g/mol. The van der Waals surface area contributed by atoms with Crippen LogP contribution in [0.4, 0.5) is 10.5 Å². The van der Waals surface area contributed by atoms with Crippen molar-refractivity contribution < 1.29 is 15.0 Å². The van der Waals surface area contributed by atoms with Gasteiger partial charge in [-0.3, -0.25) is 0 Å². The second-order valence-corrected chi connectivity index (χ2v) is 7.19. The lowest BCUT2D eigenvalue weighted by Gasteiger charge is -2.24. The van der Waals surface area contributed by atoms with Crippen LogP contribution in [0.1, 0.15) is 32.6 Å². The van der Waals surface area contributed by atoms with Crippen molar-refractivity contribution in [1.29, 1.82) is 0 Å². The number of hydrogen-bond acceptors (Lipinski definition) is 4. The lowest BCUT2D eigenvalue weighted by Crippen LogP contribution is -2.38. The standard InChI is InChI=1S/C17H26N2O3S/c1-2-12-23-15-6-4-14(5-7-15)18-16(21)19-10-3-8-17(22,13-20)9-11-19/h4-7,20,22H,2-3,8-13H2,1H3,(H,18,21)/t17-/m1/s1. The van der Waals surface area contributed by atoms with Gasteiger partial charge in [-0.2, -0.15) is 0 Å². The van der Waals surface area contributed by atoms with Gasteiger partial charge in [-0.25, -0.2) is 4.79 Å². The van der Waals surface area contributed by atoms with Crippen LogP contribution in [-0.4, -0.2) is 52.2 Å². The molecule has 3 N–H and O–H groups in total. The number of nitrogens with zero attached hydrogens (tertiary/aromatic N) is 1. The molecule has 1 aromatic carbocycles. The van der Waals surface area contributed by atoms with Crippen LogP contribution >= 0.6 is 11.8 Å². The summed E-state index contributed by atoms with van der Waals surface area (Å²) in [4.78, 5) is 15.2. The predicted molar refractivity (Wildman–Crippen MR) is 93.9 cm³/mol. The zero-order valence-corrected chi connectivity index (χ0v) is 14.4. The highest BCUT2D eigenvalue weighted by atomic mass is 32.2. The molecule has 1 fully saturated rings. The van der Waals surface area contributed by atoms with Gasteiger partial charge in [0.15, 0.2) is 0 Å². The molecule has 5 nitrogen and oxygen atoms in total. The summed E-state index contributed by atoms with van der Waals surface area (Å²) in [6.45, 7) is 2.95. The van der Waals surface area contributed by atoms with E-state index in [9.17, 15) is 15.0 Å². The number of aliphatic hydroxyl groups is 2. The Morgan fingerprint density at radius 3 is 2.70 bits per heavy atom. The van der Waals surface area contributed by atoms with Gasteiger partial charge in [-0.1, -0.05) is 6.92 Å². The van der Waals surface area contributed by atoms with Gasteiger partial charge in [-0.15, -0.1) is 11.8 Å². The maximum Gasteiger partial charge on any atom is 0.321 e. The Morgan fingerprint density at radius 2 is 2.04 bits per heavy atom. The predicted octanol–water partition coefficient (Wildman–Crippen LogP) is 2.93. The first kappa shape index (κ1) is 18.1. The largest absolute Gasteiger partial charge is 0.393 e. The van der Waals surface area contributed by atoms with E-state index in [-0.39, 0.29) is 12.6 Å². The number of benzene rings is 1. The number of amides is 2. The van der Waals surface area contributed by atoms with E-state index < -0.39 is 5.60 Å². The van der Waals surface area contributed by atoms with Crippen LogP contribution < -0.4 is 5.32 Å². The topological polar surface area (TPSA) is 72.8 Å². The SMILES string of the molecule is CCCSc1ccc(NC(=O)N2CCC[C@](O)(CO)CC2)cc1. The monoisotopic (exact) mass is 338 g/mol. The summed E-state index contributed by atoms with van der Waals surface area (Å²) in [5, 5.41) is 22.3. The number of carbonyl (C=O) groups is 1. The second kappa shape index (κ2) is 8.57. The van der Waals surface area contributed by atoms with Crippen LogP contribution in [0.5, 0.6) is 0 Å². The quantitative estimate of drug-likeness (QED) is 0.722. The molecule has 2 amide bonds. The summed E-state index contributed by atoms with van der Waals surface area (Å²) >= 11 is 1.81. The third-order valence-electron chi connectivity index (χ3n) is 4.08. The van der Waals surface area contributed by atoms with Crippen LogP contribution in [-0.2, 0) is 0 Å². The van der Waals surface area contributed by atoms with E-state index in [4.69, 9.17) is 0 Å². The van der Waals surface area contributed by atoms with Gasteiger partial charge in [0.25, 0.3) is 0 Å². The molecule has 1 aliphatic rings. The second-order valence-electron chi connectivity index (χ2n) is 6.03. The Morgan fingerprint density at radius 1 is 1.30 bits per heavy atom. The molecule has 1 heterocycles. The smallest absolute Gasteiger partial charge is 0.321 e. The third-order valence-corrected chi connectivity index (χ3v) is 5.30. The third kappa shape index (κ3) is 5.41. The zero-order valence-electron chi connectivity index (χ0n) is 13.6. The maximum atomic E-state index is 12.3. The molecule has 0 aliphatic carbocycles. The first-order valence-corrected chi connectivity index (χ1v) is 9.17. The molecular weight excluding hydrogens is 312 g/mol. The number of nitrogens with one attached hydrogen (secondary N) is 1. The first-order chi connectivity index (χ1) is 11.1. The fraction of sp³-hybridized carbons (Fsp3) is 0.588. The fourth-order valence-electron chi connectivity index (χ4n) is 2.60. The van der Waals surface area contributed by atoms with Gasteiger partial charge in [0, 0.05) is 23.7 Å². The zero-order chi connectivity index (χ0) is 16.7. The summed E-state index contributed by atoms with van der Waals surface area (Å²) in [6, 6.07) is 7.71. The minimum absolute atomic E-state index is 0.152. The number of aliphatic hydroxyl groups excluding tert-OH is 1. The van der Waals surface area contributed by atoms with E-state index in [1.165, 1.54) is 4.90 Å². The van der Waals surface area contributed by atoms with Crippen molar-refractivity contribution >= 4 is 23.5 Å². The highest BCUT2D eigenvalue weighted by Gasteiger charge is 2.30. The van der Waals surface area contributed by atoms with E-state index in [1.54, 1.807) is 16.7 Å². The van der Waals surface area contributed by atoms with E-state index in [0.29, 0.717) is 32.4 Å². The fourth-order valence-corrected chi connectivity index (χ4v) is 3.37. The molecular formula is C17H26N2O3S. The Labute approximate surface area is 142 Å². The van der Waals surface area contributed by atoms with Crippen LogP contribution in [0.25, 0.3) is 0 Å². The molecule has 128 valence electrons. The van der Waals surface area contributed by atoms with Gasteiger partial charge in [-0.05, 0) is 55.7 Å². The van der Waals surface area contributed by atoms with Crippen LogP contribution in [0.15, 0.2) is 29.2 Å². The molecule has 0 bridgehead atoms. The molecule has 0 aromatic heterocycles. The molecule has 1 aliphatic heterocycles. The molecule has 1 atom stereocenters. The number of urea groups is 1. The molecule has 0 unspecified atom stereocenters. The summed E-state index contributed by atoms with van der Waals surface area (Å²) in [5.41, 5.74) is -0.273. The van der Waals surface area contributed by atoms with Crippen molar-refractivity contribution in [2.24, 2.45) is 0 Å². The first-order valence-electron chi connectivity index (χ1n) is 8.18. The number of hydrogen-bond donors (Lipinski definition) is 3. The van der Waals surface area contributed by atoms with Crippen LogP contribution in [0.2, 0.25) is 0 Å². The summed E-state index contributed by atoms with van der Waals surface area (Å²) in [7, 11) is 0. The Hall–Kier alpha value is -1.24. The Kier molecular flexibility index (Phi) is 6.74. The van der Waals surface area contributed by atoms with E-state index in [1.807, 2.05) is 24.3 Å². The average Bonchev–Trinajstić information content (AvgIpc) is 2.77. The molecule has 0 saturated carbocycles. The summed E-state index contributed by atoms with van der Waals surface area (Å²) in [6.07, 6.45) is 2.76. The minimum atomic E-state index is -1.05. The van der Waals surface area contributed by atoms with Crippen molar-refractivity contribution in [1.82, 2.24) is 4.90 Å². The normalized spacial score (nSPS) is 21.8. The highest BCUT2D eigenvalue weighted by molar-refractivity contribution is 7.99. The number of rotatable bonds is 5. The molecule has 0 radical (unpaired) electrons. The highest BCUT2D eigenvalue weighted by Crippen LogP contribution is 2.23. The van der Waals surface area contributed by atoms with Crippen molar-refractivity contribution in [2.75, 3.05) is 30.8 Å². The molecule has 1 saturated heterocycles. The number of anilines is 1. The van der Waals surface area contributed by atoms with Gasteiger partial charge in [0.2, 0.25) is 0 Å². The molecule has 1 aromatic rings. The minimum Gasteiger partial charge on any atom is -0.393 e. The van der Waals surface area contributed by atoms with Crippen LogP contribution in [0.3, 0.4) is 0 Å². The Bertz CT molecular complexity index is 509. The van der Waals surface area contributed by atoms with E-state index in [0.717, 1.165) is 17.9 Å². The number of likely N-dealkylation sites (tertiary alicyclic amines) is 1. The molecule has 2 rings (SSSR count). The van der Waals surface area contributed by atoms with Crippen molar-refractivity contribution in [3.63, 3.8) is 0 Å². The summed E-state index contributed by atoms with van der Waals surface area (Å²) in [5.74, 6) is 1.09. The lowest BCUT2D eigenvalue weighted by atomic mass is 9.96. The molecule has 6 heteroatoms. The molecule has 23 heavy (non-hydrogen) atoms. The van der Waals surface area contributed by atoms with E-state index in [2.05, 4.69) is 12.2 Å². The van der Waals surface area contributed by atoms with Crippen molar-refractivity contribution in [2.45, 2.75) is 43.1 Å². The number of thioether (sulfide) groups is 1.